The van der Waals surface area contributed by atoms with Crippen LogP contribution in [0.2, 0.25) is 0 Å². The molecule has 0 radical (unpaired) electrons. The summed E-state index contributed by atoms with van der Waals surface area (Å²) in [5.74, 6) is 1.73. The van der Waals surface area contributed by atoms with Gasteiger partial charge >= 0.3 is 0 Å². The Morgan fingerprint density at radius 2 is 1.09 bits per heavy atom. The van der Waals surface area contributed by atoms with E-state index in [1.165, 1.54) is 65.4 Å². The summed E-state index contributed by atoms with van der Waals surface area (Å²) in [6.45, 7) is 31.4. The van der Waals surface area contributed by atoms with Crippen molar-refractivity contribution in [3.05, 3.63) is 124 Å². The molecule has 0 amide bonds. The van der Waals surface area contributed by atoms with Crippen LogP contribution in [0.4, 0.5) is 0 Å². The van der Waals surface area contributed by atoms with Crippen molar-refractivity contribution in [3.63, 3.8) is 0 Å². The average Bonchev–Trinajstić information content (AvgIpc) is 4.11. The molecule has 0 saturated heterocycles. The normalized spacial score (nSPS) is 14.4. The molecule has 0 bridgehead atoms. The van der Waals surface area contributed by atoms with E-state index < -0.39 is 0 Å². The molecule has 8 aromatic rings. The Morgan fingerprint density at radius 1 is 0.544 bits per heavy atom. The molecule has 2 nitrogen and oxygen atoms in total. The second-order valence-corrected chi connectivity index (χ2v) is 30.2. The van der Waals surface area contributed by atoms with Gasteiger partial charge in [-0.05, 0) is 122 Å². The topological polar surface area (TPSA) is 34.1 Å². The summed E-state index contributed by atoms with van der Waals surface area (Å²) in [6, 6.07) is 23.2. The molecule has 68 heavy (non-hydrogen) atoms. The number of hydrogen-bond donors (Lipinski definition) is 0. The number of allylic oxidation sites excluding steroid dienone is 2. The van der Waals surface area contributed by atoms with E-state index in [9.17, 15) is 4.79 Å². The van der Waals surface area contributed by atoms with Crippen molar-refractivity contribution in [2.24, 2.45) is 23.7 Å². The molecule has 0 fully saturated rings. The Labute approximate surface area is 436 Å². The first-order valence-electron chi connectivity index (χ1n) is 24.1. The number of aryl methyl sites for hydroxylation is 1. The van der Waals surface area contributed by atoms with Crippen molar-refractivity contribution in [1.29, 1.82) is 0 Å². The van der Waals surface area contributed by atoms with E-state index in [0.29, 0.717) is 45.9 Å². The fraction of sp³-hybridized carbons (Fsp3) is 0.379. The van der Waals surface area contributed by atoms with Crippen LogP contribution in [0.5, 0.6) is 0 Å². The molecule has 0 N–H and O–H groups in total. The van der Waals surface area contributed by atoms with Gasteiger partial charge in [0, 0.05) is 112 Å². The number of fused-ring (bicyclic) bond motifs is 3. The van der Waals surface area contributed by atoms with Crippen LogP contribution in [0.3, 0.4) is 0 Å². The number of thiophene rings is 7. The van der Waals surface area contributed by atoms with Gasteiger partial charge in [-0.2, -0.15) is 0 Å². The van der Waals surface area contributed by atoms with Crippen LogP contribution in [0.15, 0.2) is 82.6 Å². The maximum absolute atomic E-state index is 15.4. The lowest BCUT2D eigenvalue weighted by atomic mass is 9.81. The number of Topliss-reactive ketones (excluding diaryl/α,β-unsaturated/α-hetero) is 2. The van der Waals surface area contributed by atoms with Crippen molar-refractivity contribution in [2.45, 2.75) is 125 Å². The molecule has 0 spiro atoms. The minimum atomic E-state index is -0.0982. The third-order valence-corrected chi connectivity index (χ3v) is 22.3. The number of carbonyl (C=O) groups is 2. The van der Waals surface area contributed by atoms with Gasteiger partial charge in [0.15, 0.2) is 11.6 Å². The lowest BCUT2D eigenvalue weighted by Gasteiger charge is -2.22. The molecule has 7 aromatic heterocycles. The summed E-state index contributed by atoms with van der Waals surface area (Å²) >= 11 is 14.6. The average molecular weight is 1050 g/mol. The molecule has 9 rings (SSSR count). The van der Waals surface area contributed by atoms with Crippen molar-refractivity contribution in [1.82, 2.24) is 0 Å². The van der Waals surface area contributed by atoms with E-state index >= 15 is 4.79 Å². The standard InChI is InChI=1S/C58H62O2S8/c1-14-34-27-37-49(40-17-15-35(61-40)23-29(2)3)56-38(50(55(37)63-34)41-18-16-36(62-41)24-30(4)5)28-43(66-56)39-19-20-42(64-39)57(68-47-22-21-46(67-47)58(11,12)13)48-33(10)53(59)51-44(25-31(6)7)65-45(26-32(8)9)52(51)54(48)60/h15-22,27-32H,10,14,23-26H2,1-9,11-13H3/b57-48+. The van der Waals surface area contributed by atoms with Crippen LogP contribution < -0.4 is 0 Å². The first kappa shape index (κ1) is 49.8. The van der Waals surface area contributed by atoms with E-state index in [4.69, 9.17) is 0 Å². The molecule has 1 aromatic carbocycles. The van der Waals surface area contributed by atoms with Crippen molar-refractivity contribution in [3.8, 4) is 30.6 Å². The highest BCUT2D eigenvalue weighted by Crippen LogP contribution is 2.55. The summed E-state index contributed by atoms with van der Waals surface area (Å²) in [6.07, 6.45) is 4.69. The molecule has 0 saturated carbocycles. The first-order valence-corrected chi connectivity index (χ1v) is 30.6. The lowest BCUT2D eigenvalue weighted by molar-refractivity contribution is 0.0973. The summed E-state index contributed by atoms with van der Waals surface area (Å²) < 4.78 is 3.81. The van der Waals surface area contributed by atoms with Crippen molar-refractivity contribution in [2.75, 3.05) is 0 Å². The minimum absolute atomic E-state index is 0.0129. The van der Waals surface area contributed by atoms with Gasteiger partial charge < -0.3 is 0 Å². The third kappa shape index (κ3) is 9.76. The number of carbonyl (C=O) groups excluding carboxylic acids is 2. The Bertz CT molecular complexity index is 3150. The predicted molar refractivity (Wildman–Crippen MR) is 309 cm³/mol. The molecular formula is C58H62O2S8. The molecule has 0 atom stereocenters. The molecule has 1 aliphatic carbocycles. The Morgan fingerprint density at radius 3 is 1.63 bits per heavy atom. The number of hydrogen-bond acceptors (Lipinski definition) is 10. The number of ketones is 2. The van der Waals surface area contributed by atoms with Gasteiger partial charge in [-0.15, -0.1) is 79.4 Å². The summed E-state index contributed by atoms with van der Waals surface area (Å²) in [5.41, 5.74) is 4.70. The molecule has 354 valence electrons. The zero-order valence-electron chi connectivity index (χ0n) is 41.4. The quantitative estimate of drug-likeness (QED) is 0.0758. The zero-order chi connectivity index (χ0) is 48.5. The third-order valence-electron chi connectivity index (χ3n) is 12.2. The highest BCUT2D eigenvalue weighted by molar-refractivity contribution is 8.10. The molecular weight excluding hydrogens is 985 g/mol. The smallest absolute Gasteiger partial charge is 0.196 e. The second kappa shape index (κ2) is 19.8. The largest absolute Gasteiger partial charge is 0.289 e. The number of benzene rings is 1. The maximum Gasteiger partial charge on any atom is 0.196 e. The van der Waals surface area contributed by atoms with Crippen LogP contribution in [-0.2, 0) is 37.5 Å². The molecule has 1 aliphatic rings. The SMILES string of the molecule is C=C1C(=O)c2c(CC(C)C)sc(CC(C)C)c2C(=O)/C1=C(/Sc1ccc(C(C)(C)C)s1)c1ccc(-c2cc3c(-c4ccc(CC(C)C)s4)c4sc(CC)cc4c(-c4ccc(CC(C)C)s4)c3s2)s1. The lowest BCUT2D eigenvalue weighted by Crippen LogP contribution is -2.24. The van der Waals surface area contributed by atoms with Crippen molar-refractivity contribution < 1.29 is 9.59 Å². The van der Waals surface area contributed by atoms with E-state index in [1.807, 2.05) is 45.3 Å². The summed E-state index contributed by atoms with van der Waals surface area (Å²) in [7, 11) is 0. The van der Waals surface area contributed by atoms with E-state index in [1.54, 1.807) is 45.8 Å². The molecule has 0 unspecified atom stereocenters. The molecule has 10 heteroatoms. The molecule has 0 aliphatic heterocycles. The fourth-order valence-corrected chi connectivity index (χ4v) is 19.6. The first-order chi connectivity index (χ1) is 32.3. The molecule has 7 heterocycles. The van der Waals surface area contributed by atoms with E-state index in [2.05, 4.69) is 150 Å². The maximum atomic E-state index is 15.4. The Hall–Kier alpha value is -3.19. The predicted octanol–water partition coefficient (Wildman–Crippen LogP) is 20.2. The summed E-state index contributed by atoms with van der Waals surface area (Å²) in [4.78, 5) is 44.6. The van der Waals surface area contributed by atoms with Gasteiger partial charge in [-0.3, -0.25) is 9.59 Å². The Balaban J connectivity index is 1.25. The van der Waals surface area contributed by atoms with Crippen LogP contribution >= 0.6 is 91.1 Å². The van der Waals surface area contributed by atoms with Gasteiger partial charge in [0.1, 0.15) is 0 Å². The monoisotopic (exact) mass is 1050 g/mol. The van der Waals surface area contributed by atoms with Crippen molar-refractivity contribution >= 4 is 128 Å². The number of thioether (sulfide) groups is 1. The van der Waals surface area contributed by atoms with Crippen LogP contribution in [0, 0.1) is 23.7 Å². The minimum Gasteiger partial charge on any atom is -0.289 e. The number of rotatable bonds is 15. The van der Waals surface area contributed by atoms with Gasteiger partial charge in [0.25, 0.3) is 0 Å². The van der Waals surface area contributed by atoms with E-state index in [0.717, 1.165) is 60.7 Å². The van der Waals surface area contributed by atoms with E-state index in [-0.39, 0.29) is 17.0 Å². The van der Waals surface area contributed by atoms with Crippen LogP contribution in [0.1, 0.15) is 138 Å². The Kier molecular flexibility index (Phi) is 14.5. The zero-order valence-corrected chi connectivity index (χ0v) is 47.9. The fourth-order valence-electron chi connectivity index (χ4n) is 9.16. The van der Waals surface area contributed by atoms with Crippen LogP contribution in [0.25, 0.3) is 55.7 Å². The highest BCUT2D eigenvalue weighted by Gasteiger charge is 2.40. The van der Waals surface area contributed by atoms with Gasteiger partial charge in [-0.25, -0.2) is 0 Å². The summed E-state index contributed by atoms with van der Waals surface area (Å²) in [5, 5.41) is 2.67. The van der Waals surface area contributed by atoms with Gasteiger partial charge in [0.2, 0.25) is 0 Å². The van der Waals surface area contributed by atoms with Gasteiger partial charge in [-0.1, -0.05) is 101 Å². The van der Waals surface area contributed by atoms with Crippen LogP contribution in [-0.4, -0.2) is 11.6 Å². The highest BCUT2D eigenvalue weighted by atomic mass is 32.2. The van der Waals surface area contributed by atoms with Gasteiger partial charge in [0.05, 0.1) is 4.21 Å². The second-order valence-electron chi connectivity index (χ2n) is 21.0.